The molecule has 24 heavy (non-hydrogen) atoms. The number of aliphatic carboxylic acids is 1. The summed E-state index contributed by atoms with van der Waals surface area (Å²) in [7, 11) is 0. The van der Waals surface area contributed by atoms with Gasteiger partial charge in [-0.1, -0.05) is 35.9 Å². The van der Waals surface area contributed by atoms with Crippen LogP contribution in [-0.4, -0.2) is 22.7 Å². The largest absolute Gasteiger partial charge is 0.481 e. The normalized spacial score (nSPS) is 18.8. The van der Waals surface area contributed by atoms with Crippen LogP contribution in [0.4, 0.5) is 11.4 Å². The fourth-order valence-corrected chi connectivity index (χ4v) is 3.96. The monoisotopic (exact) mass is 342 g/mol. The molecule has 6 heteroatoms. The lowest BCUT2D eigenvalue weighted by atomic mass is 10.1. The van der Waals surface area contributed by atoms with Crippen molar-refractivity contribution in [1.29, 1.82) is 0 Å². The highest BCUT2D eigenvalue weighted by molar-refractivity contribution is 8.01. The molecule has 0 radical (unpaired) electrons. The van der Waals surface area contributed by atoms with Gasteiger partial charge in [0.2, 0.25) is 0 Å². The van der Waals surface area contributed by atoms with Crippen molar-refractivity contribution in [2.24, 2.45) is 0 Å². The summed E-state index contributed by atoms with van der Waals surface area (Å²) in [5, 5.41) is 15.1. The van der Waals surface area contributed by atoms with Crippen LogP contribution in [0.2, 0.25) is 0 Å². The van der Waals surface area contributed by atoms with Crippen molar-refractivity contribution in [3.8, 4) is 0 Å². The smallest absolute Gasteiger partial charge is 0.304 e. The average Bonchev–Trinajstić information content (AvgIpc) is 2.82. The lowest BCUT2D eigenvalue weighted by Crippen LogP contribution is -2.39. The Balaban J connectivity index is 1.96. The third-order valence-corrected chi connectivity index (χ3v) is 5.23. The van der Waals surface area contributed by atoms with E-state index in [1.807, 2.05) is 55.5 Å². The van der Waals surface area contributed by atoms with Gasteiger partial charge < -0.3 is 15.7 Å². The predicted molar refractivity (Wildman–Crippen MR) is 96.3 cm³/mol. The van der Waals surface area contributed by atoms with Crippen molar-refractivity contribution >= 4 is 35.0 Å². The number of carboxylic acid groups (broad SMARTS) is 1. The molecule has 3 rings (SSSR count). The van der Waals surface area contributed by atoms with E-state index in [0.29, 0.717) is 5.75 Å². The van der Waals surface area contributed by atoms with Crippen molar-refractivity contribution in [1.82, 2.24) is 0 Å². The number of carboxylic acids is 1. The summed E-state index contributed by atoms with van der Waals surface area (Å²) in [6, 6.07) is 15.3. The van der Waals surface area contributed by atoms with Gasteiger partial charge in [-0.05, 0) is 25.1 Å². The Hall–Kier alpha value is -2.47. The molecule has 0 bridgehead atoms. The molecule has 1 atom stereocenters. The van der Waals surface area contributed by atoms with E-state index in [9.17, 15) is 9.59 Å². The van der Waals surface area contributed by atoms with Crippen molar-refractivity contribution in [2.75, 3.05) is 16.4 Å². The summed E-state index contributed by atoms with van der Waals surface area (Å²) in [4.78, 5) is 22.6. The second-order valence-electron chi connectivity index (χ2n) is 5.66. The van der Waals surface area contributed by atoms with Gasteiger partial charge in [-0.25, -0.2) is 0 Å². The topological polar surface area (TPSA) is 78.4 Å². The van der Waals surface area contributed by atoms with Gasteiger partial charge in [0.1, 0.15) is 0 Å². The number of amides is 1. The molecule has 0 aliphatic carbocycles. The highest BCUT2D eigenvalue weighted by Crippen LogP contribution is 2.46. The maximum atomic E-state index is 12.8. The molecule has 1 aliphatic heterocycles. The molecule has 2 aromatic carbocycles. The van der Waals surface area contributed by atoms with Crippen molar-refractivity contribution in [3.05, 3.63) is 59.7 Å². The van der Waals surface area contributed by atoms with Crippen LogP contribution in [0.1, 0.15) is 17.5 Å². The number of fused-ring (bicyclic) bond motifs is 1. The van der Waals surface area contributed by atoms with Gasteiger partial charge in [0.05, 0.1) is 6.42 Å². The molecule has 0 spiro atoms. The van der Waals surface area contributed by atoms with Crippen LogP contribution >= 0.6 is 11.8 Å². The van der Waals surface area contributed by atoms with E-state index < -0.39 is 10.8 Å². The van der Waals surface area contributed by atoms with Crippen molar-refractivity contribution in [2.45, 2.75) is 18.2 Å². The zero-order valence-electron chi connectivity index (χ0n) is 13.2. The quantitative estimate of drug-likeness (QED) is 0.701. The maximum absolute atomic E-state index is 12.8. The fourth-order valence-electron chi connectivity index (χ4n) is 2.67. The third kappa shape index (κ3) is 3.10. The molecule has 1 aliphatic rings. The van der Waals surface area contributed by atoms with Gasteiger partial charge in [0.15, 0.2) is 4.87 Å². The molecule has 1 heterocycles. The Kier molecular flexibility index (Phi) is 4.49. The number of para-hydroxylation sites is 1. The van der Waals surface area contributed by atoms with Gasteiger partial charge in [0, 0.05) is 22.7 Å². The van der Waals surface area contributed by atoms with Gasteiger partial charge in [-0.15, -0.1) is 11.8 Å². The molecule has 1 amide bonds. The molecule has 3 N–H and O–H groups in total. The standard InChI is InChI=1S/C18H18N2O3S/c1-12-6-8-13(9-7-12)20-18(24-11-10-16(21)22)14-4-2-3-5-15(14)19-17(18)23/h2-9,20H,10-11H2,1H3,(H,19,23)(H,21,22). The van der Waals surface area contributed by atoms with Crippen LogP contribution in [0.25, 0.3) is 0 Å². The summed E-state index contributed by atoms with van der Waals surface area (Å²) >= 11 is 1.31. The van der Waals surface area contributed by atoms with Crippen LogP contribution in [0.3, 0.4) is 0 Å². The summed E-state index contributed by atoms with van der Waals surface area (Å²) < 4.78 is 0. The molecule has 0 fully saturated rings. The van der Waals surface area contributed by atoms with Gasteiger partial charge in [-0.2, -0.15) is 0 Å². The first-order valence-corrected chi connectivity index (χ1v) is 8.61. The number of hydrogen-bond donors (Lipinski definition) is 3. The van der Waals surface area contributed by atoms with Crippen LogP contribution < -0.4 is 10.6 Å². The highest BCUT2D eigenvalue weighted by atomic mass is 32.2. The molecule has 1 unspecified atom stereocenters. The minimum Gasteiger partial charge on any atom is -0.481 e. The molecule has 124 valence electrons. The molecule has 0 saturated carbocycles. The van der Waals surface area contributed by atoms with Crippen LogP contribution in [0.15, 0.2) is 48.5 Å². The average molecular weight is 342 g/mol. The van der Waals surface area contributed by atoms with E-state index in [1.165, 1.54) is 11.8 Å². The molecule has 2 aromatic rings. The van der Waals surface area contributed by atoms with Gasteiger partial charge in [0.25, 0.3) is 5.91 Å². The lowest BCUT2D eigenvalue weighted by Gasteiger charge is -2.29. The summed E-state index contributed by atoms with van der Waals surface area (Å²) in [6.07, 6.45) is -0.00254. The lowest BCUT2D eigenvalue weighted by molar-refractivity contribution is -0.136. The van der Waals surface area contributed by atoms with E-state index in [4.69, 9.17) is 5.11 Å². The Labute approximate surface area is 144 Å². The first-order chi connectivity index (χ1) is 11.5. The molecular formula is C18H18N2O3S. The second kappa shape index (κ2) is 6.57. The number of thioether (sulfide) groups is 1. The van der Waals surface area contributed by atoms with E-state index >= 15 is 0 Å². The van der Waals surface area contributed by atoms with Crippen LogP contribution in [-0.2, 0) is 14.5 Å². The summed E-state index contributed by atoms with van der Waals surface area (Å²) in [6.45, 7) is 2.00. The highest BCUT2D eigenvalue weighted by Gasteiger charge is 2.47. The number of nitrogens with one attached hydrogen (secondary N) is 2. The number of anilines is 2. The molecule has 0 saturated heterocycles. The SMILES string of the molecule is Cc1ccc(NC2(SCCC(=O)O)C(=O)Nc3ccccc32)cc1. The Bertz CT molecular complexity index is 776. The van der Waals surface area contributed by atoms with E-state index in [0.717, 1.165) is 22.5 Å². The number of carbonyl (C=O) groups is 2. The zero-order valence-corrected chi connectivity index (χ0v) is 14.0. The summed E-state index contributed by atoms with van der Waals surface area (Å²) in [5.74, 6) is -0.727. The number of hydrogen-bond acceptors (Lipinski definition) is 4. The van der Waals surface area contributed by atoms with Gasteiger partial charge >= 0.3 is 5.97 Å². The maximum Gasteiger partial charge on any atom is 0.304 e. The Morgan fingerprint density at radius 3 is 2.62 bits per heavy atom. The molecular weight excluding hydrogens is 324 g/mol. The minimum absolute atomic E-state index is 0.00254. The Morgan fingerprint density at radius 1 is 1.21 bits per heavy atom. The fraction of sp³-hybridized carbons (Fsp3) is 0.222. The van der Waals surface area contributed by atoms with Crippen molar-refractivity contribution < 1.29 is 14.7 Å². The second-order valence-corrected chi connectivity index (χ2v) is 6.97. The van der Waals surface area contributed by atoms with Crippen LogP contribution in [0, 0.1) is 6.92 Å². The predicted octanol–water partition coefficient (Wildman–Crippen LogP) is 3.42. The summed E-state index contributed by atoms with van der Waals surface area (Å²) in [5.41, 5.74) is 3.52. The number of aryl methyl sites for hydroxylation is 1. The Morgan fingerprint density at radius 2 is 1.92 bits per heavy atom. The van der Waals surface area contributed by atoms with Crippen LogP contribution in [0.5, 0.6) is 0 Å². The minimum atomic E-state index is -1.03. The zero-order chi connectivity index (χ0) is 17.2. The van der Waals surface area contributed by atoms with Crippen molar-refractivity contribution in [3.63, 3.8) is 0 Å². The first kappa shape index (κ1) is 16.4. The number of rotatable bonds is 6. The first-order valence-electron chi connectivity index (χ1n) is 7.63. The van der Waals surface area contributed by atoms with E-state index in [2.05, 4.69) is 10.6 Å². The number of benzene rings is 2. The van der Waals surface area contributed by atoms with Gasteiger partial charge in [-0.3, -0.25) is 9.59 Å². The number of carbonyl (C=O) groups excluding carboxylic acids is 1. The van der Waals surface area contributed by atoms with E-state index in [1.54, 1.807) is 0 Å². The molecule has 0 aromatic heterocycles. The molecule has 5 nitrogen and oxygen atoms in total. The van der Waals surface area contributed by atoms with E-state index in [-0.39, 0.29) is 12.3 Å². The third-order valence-electron chi connectivity index (χ3n) is 3.88.